The average Bonchev–Trinajstić information content (AvgIpc) is 2.18. The number of nitrogens with two attached hydrogens (primary N) is 1. The number of hydrogen-bond acceptors (Lipinski definition) is 3. The molecule has 3 nitrogen and oxygen atoms in total. The zero-order valence-electron chi connectivity index (χ0n) is 12.4. The molecular weight excluding hydrogens is 210 g/mol. The second kappa shape index (κ2) is 6.17. The molecule has 0 aromatic carbocycles. The third-order valence-electron chi connectivity index (χ3n) is 4.59. The maximum atomic E-state index is 5.85. The van der Waals surface area contributed by atoms with Crippen molar-refractivity contribution in [2.24, 2.45) is 17.6 Å². The molecule has 1 unspecified atom stereocenters. The molecule has 3 heteroatoms. The van der Waals surface area contributed by atoms with Gasteiger partial charge in [-0.25, -0.2) is 0 Å². The molecule has 2 N–H and O–H groups in total. The van der Waals surface area contributed by atoms with Crippen LogP contribution in [0.15, 0.2) is 0 Å². The largest absolute Gasteiger partial charge is 0.330 e. The number of rotatable bonds is 7. The van der Waals surface area contributed by atoms with Crippen LogP contribution in [0.4, 0.5) is 0 Å². The Morgan fingerprint density at radius 3 is 2.06 bits per heavy atom. The lowest BCUT2D eigenvalue weighted by molar-refractivity contribution is 0.0225. The lowest BCUT2D eigenvalue weighted by Crippen LogP contribution is -2.57. The highest BCUT2D eigenvalue weighted by Gasteiger charge is 2.39. The van der Waals surface area contributed by atoms with E-state index in [4.69, 9.17) is 5.73 Å². The van der Waals surface area contributed by atoms with Crippen LogP contribution in [-0.4, -0.2) is 56.1 Å². The predicted molar refractivity (Wildman–Crippen MR) is 75.1 cm³/mol. The predicted octanol–water partition coefficient (Wildman–Crippen LogP) is 1.63. The molecule has 1 atom stereocenters. The van der Waals surface area contributed by atoms with Gasteiger partial charge in [-0.1, -0.05) is 13.8 Å². The van der Waals surface area contributed by atoms with Gasteiger partial charge in [0.05, 0.1) is 0 Å². The van der Waals surface area contributed by atoms with Gasteiger partial charge < -0.3 is 15.5 Å². The van der Waals surface area contributed by atoms with Crippen molar-refractivity contribution in [2.45, 2.75) is 38.6 Å². The van der Waals surface area contributed by atoms with Crippen molar-refractivity contribution in [2.75, 3.05) is 40.8 Å². The summed E-state index contributed by atoms with van der Waals surface area (Å²) >= 11 is 0. The minimum absolute atomic E-state index is 0.435. The Bertz CT molecular complexity index is 222. The summed E-state index contributed by atoms with van der Waals surface area (Å²) in [4.78, 5) is 4.90. The van der Waals surface area contributed by atoms with E-state index < -0.39 is 0 Å². The first kappa shape index (κ1) is 14.9. The average molecular weight is 241 g/mol. The van der Waals surface area contributed by atoms with Gasteiger partial charge in [0, 0.05) is 18.6 Å². The van der Waals surface area contributed by atoms with E-state index in [1.54, 1.807) is 0 Å². The fraction of sp³-hybridized carbons (Fsp3) is 1.00. The number of likely N-dealkylation sites (N-methyl/N-ethyl adjacent to an activating group) is 2. The molecular formula is C14H31N3. The summed E-state index contributed by atoms with van der Waals surface area (Å²) in [5, 5.41) is 0. The van der Waals surface area contributed by atoms with Gasteiger partial charge in [0.15, 0.2) is 0 Å². The fourth-order valence-electron chi connectivity index (χ4n) is 2.86. The van der Waals surface area contributed by atoms with Gasteiger partial charge in [-0.05, 0) is 58.8 Å². The second-order valence-corrected chi connectivity index (χ2v) is 6.41. The highest BCUT2D eigenvalue weighted by molar-refractivity contribution is 4.98. The van der Waals surface area contributed by atoms with Crippen molar-refractivity contribution < 1.29 is 0 Å². The van der Waals surface area contributed by atoms with Gasteiger partial charge in [0.1, 0.15) is 0 Å². The van der Waals surface area contributed by atoms with E-state index in [9.17, 15) is 0 Å². The molecule has 1 aliphatic carbocycles. The van der Waals surface area contributed by atoms with Gasteiger partial charge in [0.25, 0.3) is 0 Å². The lowest BCUT2D eigenvalue weighted by Gasteiger charge is -2.49. The van der Waals surface area contributed by atoms with Crippen LogP contribution < -0.4 is 5.73 Å². The summed E-state index contributed by atoms with van der Waals surface area (Å²) in [6.07, 6.45) is 4.08. The molecule has 1 rings (SSSR count). The summed E-state index contributed by atoms with van der Waals surface area (Å²) < 4.78 is 0. The first-order valence-corrected chi connectivity index (χ1v) is 6.97. The third kappa shape index (κ3) is 3.67. The topological polar surface area (TPSA) is 32.5 Å². The Labute approximate surface area is 107 Å². The zero-order chi connectivity index (χ0) is 13.1. The Hall–Kier alpha value is -0.120. The quantitative estimate of drug-likeness (QED) is 0.735. The van der Waals surface area contributed by atoms with Gasteiger partial charge in [-0.3, -0.25) is 0 Å². The maximum Gasteiger partial charge on any atom is 0.0330 e. The standard InChI is InChI=1S/C14H31N3/c1-12(2)13(9-15)10-17(5)11-14(16(3)4)7-6-8-14/h12-13H,6-11,15H2,1-5H3. The lowest BCUT2D eigenvalue weighted by atomic mass is 9.75. The minimum atomic E-state index is 0.435. The maximum absolute atomic E-state index is 5.85. The number of hydrogen-bond donors (Lipinski definition) is 1. The molecule has 0 bridgehead atoms. The van der Waals surface area contributed by atoms with E-state index in [-0.39, 0.29) is 0 Å². The van der Waals surface area contributed by atoms with Crippen molar-refractivity contribution in [1.82, 2.24) is 9.80 Å². The van der Waals surface area contributed by atoms with Crippen molar-refractivity contribution in [3.63, 3.8) is 0 Å². The van der Waals surface area contributed by atoms with Crippen LogP contribution in [0.25, 0.3) is 0 Å². The number of nitrogens with zero attached hydrogens (tertiary/aromatic N) is 2. The molecule has 0 saturated heterocycles. The Balaban J connectivity index is 2.45. The molecule has 0 spiro atoms. The summed E-state index contributed by atoms with van der Waals surface area (Å²) in [5.41, 5.74) is 6.29. The monoisotopic (exact) mass is 241 g/mol. The second-order valence-electron chi connectivity index (χ2n) is 6.41. The van der Waals surface area contributed by atoms with E-state index in [0.29, 0.717) is 17.4 Å². The third-order valence-corrected chi connectivity index (χ3v) is 4.59. The zero-order valence-corrected chi connectivity index (χ0v) is 12.4. The molecule has 0 aromatic heterocycles. The van der Waals surface area contributed by atoms with Crippen molar-refractivity contribution >= 4 is 0 Å². The van der Waals surface area contributed by atoms with Crippen LogP contribution in [0, 0.1) is 11.8 Å². The van der Waals surface area contributed by atoms with Crippen molar-refractivity contribution in [1.29, 1.82) is 0 Å². The molecule has 0 amide bonds. The smallest absolute Gasteiger partial charge is 0.0330 e. The minimum Gasteiger partial charge on any atom is -0.330 e. The van der Waals surface area contributed by atoms with Crippen molar-refractivity contribution in [3.8, 4) is 0 Å². The van der Waals surface area contributed by atoms with E-state index in [0.717, 1.165) is 13.1 Å². The Kier molecular flexibility index (Phi) is 5.42. The van der Waals surface area contributed by atoms with E-state index >= 15 is 0 Å². The highest BCUT2D eigenvalue weighted by atomic mass is 15.2. The van der Waals surface area contributed by atoms with Crippen LogP contribution in [0.2, 0.25) is 0 Å². The summed E-state index contributed by atoms with van der Waals surface area (Å²) in [5.74, 6) is 1.30. The van der Waals surface area contributed by atoms with Crippen LogP contribution in [0.1, 0.15) is 33.1 Å². The van der Waals surface area contributed by atoms with E-state index in [1.165, 1.54) is 25.8 Å². The van der Waals surface area contributed by atoms with Gasteiger partial charge in [0.2, 0.25) is 0 Å². The molecule has 1 fully saturated rings. The summed E-state index contributed by atoms with van der Waals surface area (Å²) in [6.45, 7) is 7.66. The summed E-state index contributed by atoms with van der Waals surface area (Å²) in [6, 6.07) is 0. The van der Waals surface area contributed by atoms with Crippen LogP contribution in [0.3, 0.4) is 0 Å². The normalized spacial score (nSPS) is 21.0. The van der Waals surface area contributed by atoms with Gasteiger partial charge in [-0.15, -0.1) is 0 Å². The van der Waals surface area contributed by atoms with E-state index in [1.807, 2.05) is 0 Å². The molecule has 1 aliphatic rings. The van der Waals surface area contributed by atoms with Crippen LogP contribution >= 0.6 is 0 Å². The highest BCUT2D eigenvalue weighted by Crippen LogP contribution is 2.36. The van der Waals surface area contributed by atoms with E-state index in [2.05, 4.69) is 44.8 Å². The molecule has 0 aliphatic heterocycles. The molecule has 0 aromatic rings. The fourth-order valence-corrected chi connectivity index (χ4v) is 2.86. The molecule has 17 heavy (non-hydrogen) atoms. The molecule has 102 valence electrons. The molecule has 0 radical (unpaired) electrons. The van der Waals surface area contributed by atoms with Gasteiger partial charge >= 0.3 is 0 Å². The Morgan fingerprint density at radius 2 is 1.76 bits per heavy atom. The van der Waals surface area contributed by atoms with Gasteiger partial charge in [-0.2, -0.15) is 0 Å². The Morgan fingerprint density at radius 1 is 1.18 bits per heavy atom. The molecule has 1 saturated carbocycles. The van der Waals surface area contributed by atoms with Crippen LogP contribution in [-0.2, 0) is 0 Å². The first-order chi connectivity index (χ1) is 7.91. The molecule has 0 heterocycles. The SMILES string of the molecule is CC(C)C(CN)CN(C)CC1(N(C)C)CCC1. The van der Waals surface area contributed by atoms with Crippen molar-refractivity contribution in [3.05, 3.63) is 0 Å². The first-order valence-electron chi connectivity index (χ1n) is 6.97. The summed E-state index contributed by atoms with van der Waals surface area (Å²) in [7, 11) is 6.68. The van der Waals surface area contributed by atoms with Crippen LogP contribution in [0.5, 0.6) is 0 Å².